The van der Waals surface area contributed by atoms with E-state index in [1.165, 1.54) is 18.2 Å². The Morgan fingerprint density at radius 2 is 1.90 bits per heavy atom. The molecule has 0 heterocycles. The number of carboxylic acids is 1. The van der Waals surface area contributed by atoms with Gasteiger partial charge in [-0.05, 0) is 24.1 Å². The molecule has 0 saturated carbocycles. The fourth-order valence-corrected chi connectivity index (χ4v) is 1.71. The van der Waals surface area contributed by atoms with E-state index in [1.807, 2.05) is 0 Å². The van der Waals surface area contributed by atoms with Crippen molar-refractivity contribution in [1.82, 2.24) is 5.32 Å². The molecule has 0 aliphatic carbocycles. The van der Waals surface area contributed by atoms with Gasteiger partial charge in [-0.25, -0.2) is 4.79 Å². The number of aliphatic carboxylic acids is 1. The molecule has 0 aromatic heterocycles. The standard InChI is InChI=1S/C13H18N2O6/c14-8(5-7-1-2-10(17)11(18)6-7)12(19)15-9(3-4-16)13(20)21/h1-2,6,8-9,16-18H,3-5,14H2,(H,15,19)(H,20,21)/t8-,9?/m0/s1. The fourth-order valence-electron chi connectivity index (χ4n) is 1.71. The Morgan fingerprint density at radius 3 is 2.43 bits per heavy atom. The predicted molar refractivity (Wildman–Crippen MR) is 72.7 cm³/mol. The number of carboxylic acid groups (broad SMARTS) is 1. The largest absolute Gasteiger partial charge is 0.504 e. The molecule has 0 saturated heterocycles. The number of hydrogen-bond donors (Lipinski definition) is 6. The summed E-state index contributed by atoms with van der Waals surface area (Å²) in [5.41, 5.74) is 6.19. The lowest BCUT2D eigenvalue weighted by Gasteiger charge is -2.17. The summed E-state index contributed by atoms with van der Waals surface area (Å²) < 4.78 is 0. The molecule has 7 N–H and O–H groups in total. The number of carbonyl (C=O) groups is 2. The second-order valence-electron chi connectivity index (χ2n) is 4.55. The Balaban J connectivity index is 2.65. The molecule has 2 atom stereocenters. The van der Waals surface area contributed by atoms with E-state index in [-0.39, 0.29) is 30.9 Å². The van der Waals surface area contributed by atoms with Gasteiger partial charge in [0.15, 0.2) is 11.5 Å². The van der Waals surface area contributed by atoms with Crippen molar-refractivity contribution in [3.8, 4) is 11.5 Å². The van der Waals surface area contributed by atoms with Crippen LogP contribution in [0.2, 0.25) is 0 Å². The lowest BCUT2D eigenvalue weighted by atomic mass is 10.0. The predicted octanol–water partition coefficient (Wildman–Crippen LogP) is -1.08. The first kappa shape index (κ1) is 16.7. The first-order valence-electron chi connectivity index (χ1n) is 6.25. The molecule has 1 aromatic rings. The molecule has 0 radical (unpaired) electrons. The summed E-state index contributed by atoms with van der Waals surface area (Å²) in [5, 5.41) is 38.3. The summed E-state index contributed by atoms with van der Waals surface area (Å²) in [4.78, 5) is 22.7. The molecule has 21 heavy (non-hydrogen) atoms. The Labute approximate surface area is 120 Å². The molecule has 116 valence electrons. The zero-order valence-corrected chi connectivity index (χ0v) is 11.2. The van der Waals surface area contributed by atoms with Gasteiger partial charge in [-0.15, -0.1) is 0 Å². The molecular formula is C13H18N2O6. The van der Waals surface area contributed by atoms with E-state index in [9.17, 15) is 19.8 Å². The average Bonchev–Trinajstić information content (AvgIpc) is 2.42. The van der Waals surface area contributed by atoms with Crippen LogP contribution in [-0.4, -0.2) is 51.0 Å². The van der Waals surface area contributed by atoms with Crippen LogP contribution in [-0.2, 0) is 16.0 Å². The number of rotatable bonds is 7. The van der Waals surface area contributed by atoms with Gasteiger partial charge >= 0.3 is 5.97 Å². The lowest BCUT2D eigenvalue weighted by molar-refractivity contribution is -0.142. The zero-order valence-electron chi connectivity index (χ0n) is 11.2. The topological polar surface area (TPSA) is 153 Å². The molecule has 0 aliphatic heterocycles. The number of amides is 1. The van der Waals surface area contributed by atoms with Crippen molar-refractivity contribution < 1.29 is 30.0 Å². The Morgan fingerprint density at radius 1 is 1.24 bits per heavy atom. The smallest absolute Gasteiger partial charge is 0.326 e. The second kappa shape index (κ2) is 7.46. The molecule has 0 spiro atoms. The summed E-state index contributed by atoms with van der Waals surface area (Å²) in [6.45, 7) is -0.377. The molecule has 0 bridgehead atoms. The quantitative estimate of drug-likeness (QED) is 0.350. The minimum Gasteiger partial charge on any atom is -0.504 e. The highest BCUT2D eigenvalue weighted by Gasteiger charge is 2.23. The van der Waals surface area contributed by atoms with Crippen molar-refractivity contribution in [1.29, 1.82) is 0 Å². The molecule has 0 aliphatic rings. The number of aromatic hydroxyl groups is 2. The van der Waals surface area contributed by atoms with Crippen LogP contribution in [0.4, 0.5) is 0 Å². The van der Waals surface area contributed by atoms with E-state index in [0.29, 0.717) is 5.56 Å². The van der Waals surface area contributed by atoms with Crippen molar-refractivity contribution in [2.75, 3.05) is 6.61 Å². The maximum absolute atomic E-state index is 11.8. The van der Waals surface area contributed by atoms with Crippen molar-refractivity contribution >= 4 is 11.9 Å². The number of nitrogens with one attached hydrogen (secondary N) is 1. The summed E-state index contributed by atoms with van der Waals surface area (Å²) in [6, 6.07) is 1.80. The van der Waals surface area contributed by atoms with Crippen LogP contribution in [0.3, 0.4) is 0 Å². The second-order valence-corrected chi connectivity index (χ2v) is 4.55. The SMILES string of the molecule is N[C@@H](Cc1ccc(O)c(O)c1)C(=O)NC(CCO)C(=O)O. The van der Waals surface area contributed by atoms with E-state index in [4.69, 9.17) is 15.9 Å². The van der Waals surface area contributed by atoms with Crippen LogP contribution in [0.1, 0.15) is 12.0 Å². The summed E-state index contributed by atoms with van der Waals surface area (Å²) in [5.74, 6) is -2.55. The average molecular weight is 298 g/mol. The highest BCUT2D eigenvalue weighted by Crippen LogP contribution is 2.25. The van der Waals surface area contributed by atoms with Crippen LogP contribution < -0.4 is 11.1 Å². The maximum atomic E-state index is 11.8. The molecule has 8 nitrogen and oxygen atoms in total. The highest BCUT2D eigenvalue weighted by molar-refractivity contribution is 5.87. The third kappa shape index (κ3) is 4.93. The van der Waals surface area contributed by atoms with Gasteiger partial charge in [-0.3, -0.25) is 4.79 Å². The number of carbonyl (C=O) groups excluding carboxylic acids is 1. The third-order valence-electron chi connectivity index (χ3n) is 2.86. The Bertz CT molecular complexity index is 519. The van der Waals surface area contributed by atoms with Gasteiger partial charge in [0.2, 0.25) is 5.91 Å². The normalized spacial score (nSPS) is 13.4. The first-order valence-corrected chi connectivity index (χ1v) is 6.25. The molecule has 1 aromatic carbocycles. The van der Waals surface area contributed by atoms with Crippen molar-refractivity contribution in [2.24, 2.45) is 5.73 Å². The van der Waals surface area contributed by atoms with Gasteiger partial charge in [-0.2, -0.15) is 0 Å². The van der Waals surface area contributed by atoms with Crippen LogP contribution >= 0.6 is 0 Å². The van der Waals surface area contributed by atoms with Crippen LogP contribution in [0.15, 0.2) is 18.2 Å². The monoisotopic (exact) mass is 298 g/mol. The number of nitrogens with two attached hydrogens (primary N) is 1. The van der Waals surface area contributed by atoms with Crippen LogP contribution in [0, 0.1) is 0 Å². The number of phenolic OH excluding ortho intramolecular Hbond substituents is 2. The van der Waals surface area contributed by atoms with E-state index in [2.05, 4.69) is 5.32 Å². The van der Waals surface area contributed by atoms with E-state index in [0.717, 1.165) is 0 Å². The number of aliphatic hydroxyl groups excluding tert-OH is 1. The minimum absolute atomic E-state index is 0.0607. The molecule has 1 rings (SSSR count). The van der Waals surface area contributed by atoms with Crippen LogP contribution in [0.25, 0.3) is 0 Å². The van der Waals surface area contributed by atoms with E-state index < -0.39 is 24.0 Å². The molecule has 1 amide bonds. The summed E-state index contributed by atoms with van der Waals surface area (Å²) >= 11 is 0. The van der Waals surface area contributed by atoms with Gasteiger partial charge in [0.1, 0.15) is 6.04 Å². The third-order valence-corrected chi connectivity index (χ3v) is 2.86. The minimum atomic E-state index is -1.26. The summed E-state index contributed by atoms with van der Waals surface area (Å²) in [7, 11) is 0. The summed E-state index contributed by atoms with van der Waals surface area (Å²) in [6.07, 6.45) is -0.0566. The number of aliphatic hydroxyl groups is 1. The Kier molecular flexibility index (Phi) is 5.94. The van der Waals surface area contributed by atoms with Crippen LogP contribution in [0.5, 0.6) is 11.5 Å². The molecular weight excluding hydrogens is 280 g/mol. The number of phenols is 2. The zero-order chi connectivity index (χ0) is 16.0. The van der Waals surface area contributed by atoms with Crippen molar-refractivity contribution in [2.45, 2.75) is 24.9 Å². The number of hydrogen-bond acceptors (Lipinski definition) is 6. The highest BCUT2D eigenvalue weighted by atomic mass is 16.4. The van der Waals surface area contributed by atoms with Crippen molar-refractivity contribution in [3.63, 3.8) is 0 Å². The molecule has 0 fully saturated rings. The lowest BCUT2D eigenvalue weighted by Crippen LogP contribution is -2.49. The maximum Gasteiger partial charge on any atom is 0.326 e. The van der Waals surface area contributed by atoms with Gasteiger partial charge in [0.05, 0.1) is 6.04 Å². The molecule has 1 unspecified atom stereocenters. The van der Waals surface area contributed by atoms with Gasteiger partial charge < -0.3 is 31.5 Å². The fraction of sp³-hybridized carbons (Fsp3) is 0.385. The molecule has 8 heteroatoms. The number of benzene rings is 1. The van der Waals surface area contributed by atoms with Gasteiger partial charge in [0, 0.05) is 13.0 Å². The van der Waals surface area contributed by atoms with Gasteiger partial charge in [0.25, 0.3) is 0 Å². The van der Waals surface area contributed by atoms with E-state index in [1.54, 1.807) is 0 Å². The van der Waals surface area contributed by atoms with E-state index >= 15 is 0 Å². The Hall–Kier alpha value is -2.32. The van der Waals surface area contributed by atoms with Gasteiger partial charge in [-0.1, -0.05) is 6.07 Å². The van der Waals surface area contributed by atoms with Crippen molar-refractivity contribution in [3.05, 3.63) is 23.8 Å². The first-order chi connectivity index (χ1) is 9.85.